The van der Waals surface area contributed by atoms with E-state index in [0.717, 1.165) is 13.1 Å². The van der Waals surface area contributed by atoms with Crippen molar-refractivity contribution in [1.82, 2.24) is 10.2 Å². The molecule has 2 saturated heterocycles. The second kappa shape index (κ2) is 6.64. The Labute approximate surface area is 139 Å². The van der Waals surface area contributed by atoms with E-state index in [2.05, 4.69) is 5.32 Å². The van der Waals surface area contributed by atoms with Crippen molar-refractivity contribution in [1.29, 1.82) is 0 Å². The molecule has 8 heteroatoms. The minimum atomic E-state index is -0.548. The molecule has 0 spiro atoms. The molecule has 1 amide bonds. The van der Waals surface area contributed by atoms with Crippen LogP contribution < -0.4 is 14.8 Å². The second-order valence-electron chi connectivity index (χ2n) is 6.10. The van der Waals surface area contributed by atoms with Crippen molar-refractivity contribution < 1.29 is 19.2 Å². The van der Waals surface area contributed by atoms with Gasteiger partial charge in [-0.15, -0.1) is 0 Å². The maximum absolute atomic E-state index is 12.8. The number of nitro benzene ring substituents is 1. The molecule has 0 saturated carbocycles. The summed E-state index contributed by atoms with van der Waals surface area (Å²) in [6.07, 6.45) is 0. The summed E-state index contributed by atoms with van der Waals surface area (Å²) in [6.45, 7) is 5.17. The van der Waals surface area contributed by atoms with E-state index in [1.54, 1.807) is 11.8 Å². The highest BCUT2D eigenvalue weighted by molar-refractivity contribution is 5.99. The quantitative estimate of drug-likeness (QED) is 0.644. The first kappa shape index (κ1) is 16.5. The monoisotopic (exact) mass is 335 g/mol. The number of methoxy groups -OCH3 is 1. The fraction of sp³-hybridized carbons (Fsp3) is 0.562. The summed E-state index contributed by atoms with van der Waals surface area (Å²) in [7, 11) is 1.45. The SMILES string of the molecule is CCOc1cc([N+](=O)[O-])c(C(=O)N2C[C@H]3CNC[C@H]3C2)cc1OC. The minimum absolute atomic E-state index is 0.0493. The van der Waals surface area contributed by atoms with E-state index in [0.29, 0.717) is 37.3 Å². The fourth-order valence-electron chi connectivity index (χ4n) is 3.49. The minimum Gasteiger partial charge on any atom is -0.493 e. The summed E-state index contributed by atoms with van der Waals surface area (Å²) in [5.74, 6) is 1.13. The molecule has 130 valence electrons. The fourth-order valence-corrected chi connectivity index (χ4v) is 3.49. The Morgan fingerprint density at radius 3 is 2.54 bits per heavy atom. The average Bonchev–Trinajstić information content (AvgIpc) is 3.15. The van der Waals surface area contributed by atoms with Gasteiger partial charge in [-0.25, -0.2) is 0 Å². The Bertz CT molecular complexity index is 651. The summed E-state index contributed by atoms with van der Waals surface area (Å²) >= 11 is 0. The standard InChI is InChI=1S/C16H21N3O5/c1-3-24-15-5-13(19(21)22)12(4-14(15)23-2)16(20)18-8-10-6-17-7-11(10)9-18/h4-5,10-11,17H,3,6-9H2,1-2H3/t10-,11+. The van der Waals surface area contributed by atoms with E-state index >= 15 is 0 Å². The lowest BCUT2D eigenvalue weighted by Gasteiger charge is -2.18. The summed E-state index contributed by atoms with van der Waals surface area (Å²) in [6, 6.07) is 2.69. The molecule has 3 rings (SSSR count). The van der Waals surface area contributed by atoms with Gasteiger partial charge in [0.25, 0.3) is 11.6 Å². The maximum Gasteiger partial charge on any atom is 0.286 e. The van der Waals surface area contributed by atoms with E-state index in [1.807, 2.05) is 0 Å². The topological polar surface area (TPSA) is 93.9 Å². The Morgan fingerprint density at radius 2 is 2.00 bits per heavy atom. The molecule has 1 N–H and O–H groups in total. The highest BCUT2D eigenvalue weighted by atomic mass is 16.6. The zero-order chi connectivity index (χ0) is 17.3. The number of likely N-dealkylation sites (tertiary alicyclic amines) is 1. The summed E-state index contributed by atoms with van der Waals surface area (Å²) in [5.41, 5.74) is -0.201. The van der Waals surface area contributed by atoms with Crippen molar-refractivity contribution in [2.24, 2.45) is 11.8 Å². The molecule has 0 unspecified atom stereocenters. The normalized spacial score (nSPS) is 22.3. The van der Waals surface area contributed by atoms with Crippen LogP contribution in [0.2, 0.25) is 0 Å². The van der Waals surface area contributed by atoms with Crippen molar-refractivity contribution in [3.63, 3.8) is 0 Å². The predicted molar refractivity (Wildman–Crippen MR) is 86.6 cm³/mol. The van der Waals surface area contributed by atoms with E-state index in [1.165, 1.54) is 19.2 Å². The van der Waals surface area contributed by atoms with Crippen molar-refractivity contribution in [3.8, 4) is 11.5 Å². The number of hydrogen-bond donors (Lipinski definition) is 1. The Hall–Kier alpha value is -2.35. The molecule has 2 heterocycles. The lowest BCUT2D eigenvalue weighted by molar-refractivity contribution is -0.385. The Morgan fingerprint density at radius 1 is 1.33 bits per heavy atom. The highest BCUT2D eigenvalue weighted by Gasteiger charge is 2.40. The Kier molecular flexibility index (Phi) is 4.57. The molecule has 2 aliphatic rings. The third kappa shape index (κ3) is 2.89. The van der Waals surface area contributed by atoms with Gasteiger partial charge in [-0.2, -0.15) is 0 Å². The second-order valence-corrected chi connectivity index (χ2v) is 6.10. The first-order chi connectivity index (χ1) is 11.5. The number of rotatable bonds is 5. The number of hydrogen-bond acceptors (Lipinski definition) is 6. The largest absolute Gasteiger partial charge is 0.493 e. The third-order valence-electron chi connectivity index (χ3n) is 4.69. The molecule has 0 aromatic heterocycles. The molecular weight excluding hydrogens is 314 g/mol. The Balaban J connectivity index is 1.93. The lowest BCUT2D eigenvalue weighted by Crippen LogP contribution is -2.32. The first-order valence-corrected chi connectivity index (χ1v) is 8.04. The highest BCUT2D eigenvalue weighted by Crippen LogP contribution is 2.36. The third-order valence-corrected chi connectivity index (χ3v) is 4.69. The van der Waals surface area contributed by atoms with Gasteiger partial charge in [0.05, 0.1) is 24.7 Å². The van der Waals surface area contributed by atoms with Gasteiger partial charge in [-0.05, 0) is 18.8 Å². The molecule has 24 heavy (non-hydrogen) atoms. The van der Waals surface area contributed by atoms with Crippen molar-refractivity contribution in [2.75, 3.05) is 39.9 Å². The number of amides is 1. The molecule has 0 aliphatic carbocycles. The smallest absolute Gasteiger partial charge is 0.286 e. The van der Waals surface area contributed by atoms with Gasteiger partial charge in [-0.3, -0.25) is 14.9 Å². The molecule has 0 bridgehead atoms. The van der Waals surface area contributed by atoms with Crippen LogP contribution in [0.5, 0.6) is 11.5 Å². The van der Waals surface area contributed by atoms with E-state index in [9.17, 15) is 14.9 Å². The van der Waals surface area contributed by atoms with Gasteiger partial charge in [0.2, 0.25) is 0 Å². The van der Waals surface area contributed by atoms with Crippen LogP contribution in [-0.4, -0.2) is 55.6 Å². The van der Waals surface area contributed by atoms with Gasteiger partial charge in [0.1, 0.15) is 5.56 Å². The van der Waals surface area contributed by atoms with Crippen LogP contribution in [0.25, 0.3) is 0 Å². The number of nitrogens with zero attached hydrogens (tertiary/aromatic N) is 2. The summed E-state index contributed by atoms with van der Waals surface area (Å²) < 4.78 is 10.6. The molecule has 8 nitrogen and oxygen atoms in total. The van der Waals surface area contributed by atoms with E-state index in [-0.39, 0.29) is 22.9 Å². The summed E-state index contributed by atoms with van der Waals surface area (Å²) in [5, 5.41) is 14.7. The number of carbonyl (C=O) groups excluding carboxylic acids is 1. The van der Waals surface area contributed by atoms with Gasteiger partial charge in [-0.1, -0.05) is 0 Å². The molecule has 2 fully saturated rings. The van der Waals surface area contributed by atoms with Crippen molar-refractivity contribution >= 4 is 11.6 Å². The van der Waals surface area contributed by atoms with Gasteiger partial charge < -0.3 is 19.7 Å². The maximum atomic E-state index is 12.8. The average molecular weight is 335 g/mol. The van der Waals surface area contributed by atoms with Crippen LogP contribution in [0.15, 0.2) is 12.1 Å². The lowest BCUT2D eigenvalue weighted by atomic mass is 10.0. The number of nitrogens with one attached hydrogen (secondary N) is 1. The van der Waals surface area contributed by atoms with E-state index in [4.69, 9.17) is 9.47 Å². The zero-order valence-corrected chi connectivity index (χ0v) is 13.8. The molecule has 0 radical (unpaired) electrons. The molecule has 2 atom stereocenters. The van der Waals surface area contributed by atoms with Crippen molar-refractivity contribution in [3.05, 3.63) is 27.8 Å². The van der Waals surface area contributed by atoms with Gasteiger partial charge >= 0.3 is 0 Å². The zero-order valence-electron chi connectivity index (χ0n) is 13.8. The van der Waals surface area contributed by atoms with E-state index < -0.39 is 4.92 Å². The first-order valence-electron chi connectivity index (χ1n) is 8.04. The molecule has 1 aromatic rings. The van der Waals surface area contributed by atoms with Crippen molar-refractivity contribution in [2.45, 2.75) is 6.92 Å². The summed E-state index contributed by atoms with van der Waals surface area (Å²) in [4.78, 5) is 25.4. The van der Waals surface area contributed by atoms with Crippen LogP contribution in [0.4, 0.5) is 5.69 Å². The van der Waals surface area contributed by atoms with Crippen LogP contribution >= 0.6 is 0 Å². The van der Waals surface area contributed by atoms with Crippen LogP contribution in [0.3, 0.4) is 0 Å². The molecule has 1 aromatic carbocycles. The number of carbonyl (C=O) groups is 1. The van der Waals surface area contributed by atoms with Crippen LogP contribution in [0, 0.1) is 22.0 Å². The molecule has 2 aliphatic heterocycles. The number of benzene rings is 1. The number of ether oxygens (including phenoxy) is 2. The van der Waals surface area contributed by atoms with Gasteiger partial charge in [0.15, 0.2) is 11.5 Å². The molecular formula is C16H21N3O5. The van der Waals surface area contributed by atoms with Crippen LogP contribution in [0.1, 0.15) is 17.3 Å². The van der Waals surface area contributed by atoms with Gasteiger partial charge in [0, 0.05) is 32.2 Å². The number of nitro groups is 1. The predicted octanol–water partition coefficient (Wildman–Crippen LogP) is 1.29. The number of fused-ring (bicyclic) bond motifs is 1. The van der Waals surface area contributed by atoms with Crippen LogP contribution in [-0.2, 0) is 0 Å².